The lowest BCUT2D eigenvalue weighted by atomic mass is 9.98. The summed E-state index contributed by atoms with van der Waals surface area (Å²) in [5, 5.41) is 9.62. The molecule has 0 fully saturated rings. The molecule has 1 unspecified atom stereocenters. The van der Waals surface area contributed by atoms with Crippen molar-refractivity contribution in [2.45, 2.75) is 46.1 Å². The number of hydrogen-bond donors (Lipinski definition) is 1. The molecule has 0 aliphatic heterocycles. The second-order valence-corrected chi connectivity index (χ2v) is 9.32. The van der Waals surface area contributed by atoms with Gasteiger partial charge in [0, 0.05) is 24.3 Å². The van der Waals surface area contributed by atoms with Crippen LogP contribution in [0, 0.1) is 24.2 Å². The number of hydrogen-bond acceptors (Lipinski definition) is 6. The minimum atomic E-state index is -4.86. The standard InChI is InChI=1S/C28H30F3N5O3/c1-18(2)24(25-34-26(37)23(16-33)19(3)36(25)17-20-8-5-4-6-9-20)35(15-7-14-32)27(38)21-10-12-22(13-11-21)39-28(29,30)31/h4-6,8-13,18,24H,7,14-15,17,32H2,1-3H3. The van der Waals surface area contributed by atoms with Gasteiger partial charge in [-0.2, -0.15) is 10.2 Å². The summed E-state index contributed by atoms with van der Waals surface area (Å²) in [5.74, 6) is -0.851. The fourth-order valence-electron chi connectivity index (χ4n) is 4.39. The number of nitrogens with zero attached hydrogens (tertiary/aromatic N) is 4. The van der Waals surface area contributed by atoms with E-state index < -0.39 is 29.6 Å². The Morgan fingerprint density at radius 3 is 2.33 bits per heavy atom. The lowest BCUT2D eigenvalue weighted by Gasteiger charge is -2.36. The highest BCUT2D eigenvalue weighted by atomic mass is 19.4. The zero-order chi connectivity index (χ0) is 28.7. The maximum atomic E-state index is 13.8. The number of carbonyl (C=O) groups is 1. The van der Waals surface area contributed by atoms with E-state index >= 15 is 0 Å². The molecule has 3 aromatic rings. The van der Waals surface area contributed by atoms with Crippen molar-refractivity contribution >= 4 is 5.91 Å². The Bertz CT molecular complexity index is 1380. The molecule has 11 heteroatoms. The number of aromatic nitrogens is 2. The summed E-state index contributed by atoms with van der Waals surface area (Å²) in [6.45, 7) is 6.20. The van der Waals surface area contributed by atoms with Gasteiger partial charge in [-0.15, -0.1) is 13.2 Å². The molecule has 0 radical (unpaired) electrons. The number of nitrogens with two attached hydrogens (primary N) is 1. The van der Waals surface area contributed by atoms with Gasteiger partial charge >= 0.3 is 6.36 Å². The maximum Gasteiger partial charge on any atom is 0.573 e. The van der Waals surface area contributed by atoms with Gasteiger partial charge in [-0.3, -0.25) is 9.59 Å². The molecule has 39 heavy (non-hydrogen) atoms. The summed E-state index contributed by atoms with van der Waals surface area (Å²) in [6, 6.07) is 15.3. The van der Waals surface area contributed by atoms with Crippen LogP contribution in [0.1, 0.15) is 59.3 Å². The van der Waals surface area contributed by atoms with E-state index in [-0.39, 0.29) is 30.1 Å². The third-order valence-electron chi connectivity index (χ3n) is 6.20. The molecular formula is C28H30F3N5O3. The normalized spacial score (nSPS) is 12.2. The van der Waals surface area contributed by atoms with Gasteiger partial charge in [0.15, 0.2) is 0 Å². The molecule has 0 aliphatic rings. The van der Waals surface area contributed by atoms with Gasteiger partial charge < -0.3 is 19.9 Å². The molecule has 0 spiro atoms. The van der Waals surface area contributed by atoms with Crippen LogP contribution in [0.4, 0.5) is 13.2 Å². The van der Waals surface area contributed by atoms with E-state index in [0.29, 0.717) is 24.5 Å². The Kier molecular flexibility index (Phi) is 9.48. The van der Waals surface area contributed by atoms with Crippen LogP contribution in [-0.4, -0.2) is 39.8 Å². The highest BCUT2D eigenvalue weighted by molar-refractivity contribution is 5.94. The van der Waals surface area contributed by atoms with Crippen molar-refractivity contribution in [2.75, 3.05) is 13.1 Å². The molecule has 1 aromatic heterocycles. The second kappa shape index (κ2) is 12.6. The minimum Gasteiger partial charge on any atom is -0.406 e. The first-order chi connectivity index (χ1) is 18.5. The molecule has 3 rings (SSSR count). The smallest absolute Gasteiger partial charge is 0.406 e. The van der Waals surface area contributed by atoms with Crippen molar-refractivity contribution in [2.24, 2.45) is 11.7 Å². The summed E-state index contributed by atoms with van der Waals surface area (Å²) in [5.41, 5.74) is 6.43. The Hall–Kier alpha value is -4.17. The summed E-state index contributed by atoms with van der Waals surface area (Å²) in [4.78, 5) is 32.5. The fourth-order valence-corrected chi connectivity index (χ4v) is 4.39. The minimum absolute atomic E-state index is 0.0859. The average Bonchev–Trinajstić information content (AvgIpc) is 2.88. The van der Waals surface area contributed by atoms with E-state index in [1.807, 2.05) is 50.2 Å². The summed E-state index contributed by atoms with van der Waals surface area (Å²) in [7, 11) is 0. The van der Waals surface area contributed by atoms with E-state index in [2.05, 4.69) is 9.72 Å². The number of halogens is 3. The van der Waals surface area contributed by atoms with Crippen molar-refractivity contribution in [3.63, 3.8) is 0 Å². The van der Waals surface area contributed by atoms with Crippen LogP contribution in [0.25, 0.3) is 0 Å². The number of benzene rings is 2. The first kappa shape index (κ1) is 29.4. The molecule has 0 bridgehead atoms. The van der Waals surface area contributed by atoms with Crippen LogP contribution in [-0.2, 0) is 6.54 Å². The lowest BCUT2D eigenvalue weighted by molar-refractivity contribution is -0.274. The Morgan fingerprint density at radius 2 is 1.79 bits per heavy atom. The van der Waals surface area contributed by atoms with E-state index in [1.54, 1.807) is 11.5 Å². The average molecular weight is 542 g/mol. The highest BCUT2D eigenvalue weighted by Crippen LogP contribution is 2.31. The van der Waals surface area contributed by atoms with Crippen molar-refractivity contribution in [3.05, 3.63) is 93.2 Å². The predicted octanol–water partition coefficient (Wildman–Crippen LogP) is 4.56. The topological polar surface area (TPSA) is 114 Å². The monoisotopic (exact) mass is 541 g/mol. The van der Waals surface area contributed by atoms with E-state index in [9.17, 15) is 28.0 Å². The van der Waals surface area contributed by atoms with Crippen LogP contribution in [0.2, 0.25) is 0 Å². The van der Waals surface area contributed by atoms with Gasteiger partial charge in [-0.1, -0.05) is 44.2 Å². The molecule has 2 aromatic carbocycles. The largest absolute Gasteiger partial charge is 0.573 e. The third kappa shape index (κ3) is 7.23. The van der Waals surface area contributed by atoms with Gasteiger partial charge in [0.2, 0.25) is 0 Å². The molecule has 0 saturated heterocycles. The summed E-state index contributed by atoms with van der Waals surface area (Å²) < 4.78 is 43.5. The van der Waals surface area contributed by atoms with Crippen LogP contribution in [0.15, 0.2) is 59.4 Å². The fraction of sp³-hybridized carbons (Fsp3) is 0.357. The van der Waals surface area contributed by atoms with E-state index in [0.717, 1.165) is 17.7 Å². The highest BCUT2D eigenvalue weighted by Gasteiger charge is 2.34. The molecule has 1 heterocycles. The maximum absolute atomic E-state index is 13.8. The number of amides is 1. The summed E-state index contributed by atoms with van der Waals surface area (Å²) >= 11 is 0. The Balaban J connectivity index is 2.14. The van der Waals surface area contributed by atoms with Crippen LogP contribution in [0.3, 0.4) is 0 Å². The molecule has 1 atom stereocenters. The third-order valence-corrected chi connectivity index (χ3v) is 6.20. The lowest BCUT2D eigenvalue weighted by Crippen LogP contribution is -2.42. The summed E-state index contributed by atoms with van der Waals surface area (Å²) in [6.07, 6.45) is -4.43. The zero-order valence-electron chi connectivity index (χ0n) is 21.9. The Labute approximate surface area is 224 Å². The molecule has 0 aliphatic carbocycles. The van der Waals surface area contributed by atoms with Crippen molar-refractivity contribution < 1.29 is 22.7 Å². The molecule has 8 nitrogen and oxygen atoms in total. The second-order valence-electron chi connectivity index (χ2n) is 9.32. The van der Waals surface area contributed by atoms with Gasteiger partial charge in [0.05, 0.1) is 6.04 Å². The van der Waals surface area contributed by atoms with Crippen molar-refractivity contribution in [3.8, 4) is 11.8 Å². The predicted molar refractivity (Wildman–Crippen MR) is 139 cm³/mol. The number of alkyl halides is 3. The molecule has 206 valence electrons. The van der Waals surface area contributed by atoms with E-state index in [1.165, 1.54) is 17.0 Å². The van der Waals surface area contributed by atoms with Gasteiger partial charge in [-0.25, -0.2) is 0 Å². The van der Waals surface area contributed by atoms with Gasteiger partial charge in [0.25, 0.3) is 11.5 Å². The van der Waals surface area contributed by atoms with Gasteiger partial charge in [0.1, 0.15) is 23.2 Å². The number of carbonyl (C=O) groups excluding carboxylic acids is 1. The van der Waals surface area contributed by atoms with Crippen LogP contribution >= 0.6 is 0 Å². The van der Waals surface area contributed by atoms with E-state index in [4.69, 9.17) is 5.73 Å². The molecule has 0 saturated carbocycles. The van der Waals surface area contributed by atoms with Crippen molar-refractivity contribution in [1.82, 2.24) is 14.5 Å². The molecule has 2 N–H and O–H groups in total. The first-order valence-electron chi connectivity index (χ1n) is 12.4. The number of nitriles is 1. The quantitative estimate of drug-likeness (QED) is 0.403. The Morgan fingerprint density at radius 1 is 1.15 bits per heavy atom. The molecule has 1 amide bonds. The van der Waals surface area contributed by atoms with Crippen LogP contribution in [0.5, 0.6) is 5.75 Å². The van der Waals surface area contributed by atoms with Crippen molar-refractivity contribution in [1.29, 1.82) is 5.26 Å². The number of rotatable bonds is 10. The first-order valence-corrected chi connectivity index (χ1v) is 12.4. The van der Waals surface area contributed by atoms with Crippen LogP contribution < -0.4 is 16.0 Å². The molecular weight excluding hydrogens is 511 g/mol. The SMILES string of the molecule is Cc1c(C#N)c(=O)nc(C(C(C)C)N(CCCN)C(=O)c2ccc(OC(F)(F)F)cc2)n1Cc1ccccc1. The number of ether oxygens (including phenoxy) is 1. The van der Waals surface area contributed by atoms with Gasteiger partial charge in [-0.05, 0) is 55.6 Å². The zero-order valence-corrected chi connectivity index (χ0v) is 21.9.